The number of rotatable bonds is 4. The van der Waals surface area contributed by atoms with Crippen LogP contribution in [0, 0.1) is 0 Å². The maximum absolute atomic E-state index is 12.9. The SMILES string of the molecule is CCCn1ncc(Br)c1C(=O)C1CNc2ccccc21. The second-order valence-corrected chi connectivity index (χ2v) is 5.80. The van der Waals surface area contributed by atoms with Gasteiger partial charge in [0.05, 0.1) is 16.6 Å². The molecule has 0 radical (unpaired) electrons. The Morgan fingerprint density at radius 2 is 2.30 bits per heavy atom. The number of halogens is 1. The largest absolute Gasteiger partial charge is 0.384 e. The van der Waals surface area contributed by atoms with Crippen LogP contribution in [-0.4, -0.2) is 22.1 Å². The van der Waals surface area contributed by atoms with Crippen LogP contribution in [0.5, 0.6) is 0 Å². The molecule has 0 fully saturated rings. The summed E-state index contributed by atoms with van der Waals surface area (Å²) >= 11 is 3.45. The molecule has 0 aliphatic carbocycles. The minimum Gasteiger partial charge on any atom is -0.384 e. The maximum atomic E-state index is 12.9. The van der Waals surface area contributed by atoms with Crippen LogP contribution >= 0.6 is 15.9 Å². The van der Waals surface area contributed by atoms with E-state index < -0.39 is 0 Å². The van der Waals surface area contributed by atoms with E-state index in [9.17, 15) is 4.79 Å². The summed E-state index contributed by atoms with van der Waals surface area (Å²) in [7, 11) is 0. The summed E-state index contributed by atoms with van der Waals surface area (Å²) in [4.78, 5) is 12.9. The molecule has 5 heteroatoms. The van der Waals surface area contributed by atoms with Gasteiger partial charge >= 0.3 is 0 Å². The molecule has 2 heterocycles. The molecule has 1 aromatic heterocycles. The number of aromatic nitrogens is 2. The van der Waals surface area contributed by atoms with E-state index in [0.717, 1.165) is 28.7 Å². The Hall–Kier alpha value is -1.62. The summed E-state index contributed by atoms with van der Waals surface area (Å²) in [5.74, 6) is -0.00455. The minimum absolute atomic E-state index is 0.125. The molecule has 3 rings (SSSR count). The summed E-state index contributed by atoms with van der Waals surface area (Å²) < 4.78 is 2.58. The summed E-state index contributed by atoms with van der Waals surface area (Å²) in [6, 6.07) is 7.99. The van der Waals surface area contributed by atoms with Crippen molar-refractivity contribution < 1.29 is 4.79 Å². The topological polar surface area (TPSA) is 46.9 Å². The maximum Gasteiger partial charge on any atom is 0.191 e. The molecule has 20 heavy (non-hydrogen) atoms. The summed E-state index contributed by atoms with van der Waals surface area (Å²) in [5, 5.41) is 7.58. The van der Waals surface area contributed by atoms with Gasteiger partial charge in [0.1, 0.15) is 5.69 Å². The first-order valence-corrected chi connectivity index (χ1v) is 7.60. The van der Waals surface area contributed by atoms with E-state index in [0.29, 0.717) is 12.2 Å². The Bertz CT molecular complexity index is 650. The molecule has 104 valence electrons. The summed E-state index contributed by atoms with van der Waals surface area (Å²) in [6.45, 7) is 3.49. The number of nitrogens with one attached hydrogen (secondary N) is 1. The average molecular weight is 334 g/mol. The fourth-order valence-electron chi connectivity index (χ4n) is 2.67. The van der Waals surface area contributed by atoms with Crippen molar-refractivity contribution in [1.82, 2.24) is 9.78 Å². The zero-order chi connectivity index (χ0) is 14.1. The molecular weight excluding hydrogens is 318 g/mol. The number of carbonyl (C=O) groups excluding carboxylic acids is 1. The van der Waals surface area contributed by atoms with Crippen molar-refractivity contribution in [3.63, 3.8) is 0 Å². The highest BCUT2D eigenvalue weighted by atomic mass is 79.9. The molecule has 4 nitrogen and oxygen atoms in total. The van der Waals surface area contributed by atoms with Gasteiger partial charge in [-0.1, -0.05) is 25.1 Å². The van der Waals surface area contributed by atoms with Gasteiger partial charge in [-0.15, -0.1) is 0 Å². The normalized spacial score (nSPS) is 16.8. The zero-order valence-electron chi connectivity index (χ0n) is 11.3. The van der Waals surface area contributed by atoms with Gasteiger partial charge in [0, 0.05) is 18.8 Å². The van der Waals surface area contributed by atoms with E-state index in [4.69, 9.17) is 0 Å². The van der Waals surface area contributed by atoms with Crippen molar-refractivity contribution in [2.45, 2.75) is 25.8 Å². The van der Waals surface area contributed by atoms with Gasteiger partial charge in [-0.25, -0.2) is 0 Å². The zero-order valence-corrected chi connectivity index (χ0v) is 12.9. The van der Waals surface area contributed by atoms with Gasteiger partial charge in [-0.3, -0.25) is 9.48 Å². The number of carbonyl (C=O) groups is 1. The fourth-order valence-corrected chi connectivity index (χ4v) is 3.16. The van der Waals surface area contributed by atoms with E-state index in [1.54, 1.807) is 10.9 Å². The number of para-hydroxylation sites is 1. The monoisotopic (exact) mass is 333 g/mol. The van der Waals surface area contributed by atoms with E-state index in [1.807, 2.05) is 24.3 Å². The van der Waals surface area contributed by atoms with Crippen molar-refractivity contribution in [2.75, 3.05) is 11.9 Å². The summed E-state index contributed by atoms with van der Waals surface area (Å²) in [6.07, 6.45) is 2.66. The number of ketones is 1. The van der Waals surface area contributed by atoms with Gasteiger partial charge in [0.25, 0.3) is 0 Å². The minimum atomic E-state index is -0.130. The van der Waals surface area contributed by atoms with Crippen LogP contribution < -0.4 is 5.32 Å². The van der Waals surface area contributed by atoms with E-state index >= 15 is 0 Å². The van der Waals surface area contributed by atoms with Crippen LogP contribution in [0.15, 0.2) is 34.9 Å². The molecule has 1 aliphatic rings. The summed E-state index contributed by atoms with van der Waals surface area (Å²) in [5.41, 5.74) is 2.81. The van der Waals surface area contributed by atoms with Crippen LogP contribution in [0.2, 0.25) is 0 Å². The Kier molecular flexibility index (Phi) is 3.61. The second-order valence-electron chi connectivity index (χ2n) is 4.95. The van der Waals surface area contributed by atoms with Gasteiger partial charge < -0.3 is 5.32 Å². The highest BCUT2D eigenvalue weighted by Gasteiger charge is 2.32. The van der Waals surface area contributed by atoms with Gasteiger partial charge in [0.15, 0.2) is 5.78 Å². The molecule has 0 saturated heterocycles. The third-order valence-corrected chi connectivity index (χ3v) is 4.19. The average Bonchev–Trinajstić information content (AvgIpc) is 3.03. The Balaban J connectivity index is 1.97. The smallest absolute Gasteiger partial charge is 0.191 e. The fraction of sp³-hybridized carbons (Fsp3) is 0.333. The molecule has 0 bridgehead atoms. The van der Waals surface area contributed by atoms with Crippen molar-refractivity contribution >= 4 is 27.4 Å². The highest BCUT2D eigenvalue weighted by Crippen LogP contribution is 2.34. The molecule has 1 atom stereocenters. The molecule has 1 aromatic carbocycles. The van der Waals surface area contributed by atoms with Crippen molar-refractivity contribution in [1.29, 1.82) is 0 Å². The number of hydrogen-bond acceptors (Lipinski definition) is 3. The number of hydrogen-bond donors (Lipinski definition) is 1. The van der Waals surface area contributed by atoms with E-state index in [2.05, 4.69) is 33.3 Å². The Labute approximate surface area is 126 Å². The molecule has 2 aromatic rings. The highest BCUT2D eigenvalue weighted by molar-refractivity contribution is 9.10. The first kappa shape index (κ1) is 13.4. The van der Waals surface area contributed by atoms with Gasteiger partial charge in [0.2, 0.25) is 0 Å². The molecular formula is C15H16BrN3O. The second kappa shape index (κ2) is 5.40. The number of Topliss-reactive ketones (excluding diaryl/α,β-unsaturated/α-hetero) is 1. The predicted octanol–water partition coefficient (Wildman–Crippen LogP) is 3.45. The van der Waals surface area contributed by atoms with Crippen molar-refractivity contribution in [3.05, 3.63) is 46.2 Å². The Morgan fingerprint density at radius 3 is 3.10 bits per heavy atom. The van der Waals surface area contributed by atoms with Gasteiger partial charge in [-0.2, -0.15) is 5.10 Å². The van der Waals surface area contributed by atoms with Crippen LogP contribution in [-0.2, 0) is 6.54 Å². The van der Waals surface area contributed by atoms with Crippen molar-refractivity contribution in [3.8, 4) is 0 Å². The lowest BCUT2D eigenvalue weighted by Gasteiger charge is -2.11. The standard InChI is InChI=1S/C15H16BrN3O/c1-2-7-19-14(12(16)9-18-19)15(20)11-8-17-13-6-4-3-5-10(11)13/h3-6,9,11,17H,2,7-8H2,1H3. The Morgan fingerprint density at radius 1 is 1.50 bits per heavy atom. The van der Waals surface area contributed by atoms with Crippen LogP contribution in [0.4, 0.5) is 5.69 Å². The first-order valence-electron chi connectivity index (χ1n) is 6.80. The molecule has 0 amide bonds. The number of fused-ring (bicyclic) bond motifs is 1. The molecule has 0 saturated carbocycles. The van der Waals surface area contributed by atoms with Crippen LogP contribution in [0.25, 0.3) is 0 Å². The predicted molar refractivity (Wildman–Crippen MR) is 82.2 cm³/mol. The van der Waals surface area contributed by atoms with Crippen LogP contribution in [0.1, 0.15) is 35.3 Å². The third-order valence-electron chi connectivity index (χ3n) is 3.61. The molecule has 0 spiro atoms. The lowest BCUT2D eigenvalue weighted by molar-refractivity contribution is 0.0955. The number of nitrogens with zero attached hydrogens (tertiary/aromatic N) is 2. The number of aryl methyl sites for hydroxylation is 1. The van der Waals surface area contributed by atoms with Crippen LogP contribution in [0.3, 0.4) is 0 Å². The van der Waals surface area contributed by atoms with Crippen molar-refractivity contribution in [2.24, 2.45) is 0 Å². The quantitative estimate of drug-likeness (QED) is 0.871. The molecule has 1 N–H and O–H groups in total. The first-order chi connectivity index (χ1) is 9.72. The lowest BCUT2D eigenvalue weighted by Crippen LogP contribution is -2.19. The van der Waals surface area contributed by atoms with Gasteiger partial charge in [-0.05, 0) is 34.0 Å². The van der Waals surface area contributed by atoms with E-state index in [-0.39, 0.29) is 11.7 Å². The molecule has 1 unspecified atom stereocenters. The number of anilines is 1. The lowest BCUT2D eigenvalue weighted by atomic mass is 9.95. The van der Waals surface area contributed by atoms with E-state index in [1.165, 1.54) is 0 Å². The molecule has 1 aliphatic heterocycles. The third kappa shape index (κ3) is 2.16. The number of benzene rings is 1.